The molecule has 0 radical (unpaired) electrons. The summed E-state index contributed by atoms with van der Waals surface area (Å²) in [4.78, 5) is 38.7. The summed E-state index contributed by atoms with van der Waals surface area (Å²) in [5, 5.41) is 2.80. The number of hydrogen-bond acceptors (Lipinski definition) is 3. The summed E-state index contributed by atoms with van der Waals surface area (Å²) < 4.78 is 1.39. The van der Waals surface area contributed by atoms with Gasteiger partial charge in [0.05, 0.1) is 11.0 Å². The number of fused-ring (bicyclic) bond motifs is 1. The number of carbonyl (C=O) groups excluding carboxylic acids is 1. The van der Waals surface area contributed by atoms with Gasteiger partial charge in [0.15, 0.2) is 0 Å². The van der Waals surface area contributed by atoms with E-state index in [4.69, 9.17) is 0 Å². The number of H-pyrrole nitrogens is 1. The van der Waals surface area contributed by atoms with Crippen molar-refractivity contribution in [3.8, 4) is 0 Å². The fourth-order valence-corrected chi connectivity index (χ4v) is 2.85. The van der Waals surface area contributed by atoms with E-state index in [0.717, 1.165) is 0 Å². The first-order valence-electron chi connectivity index (χ1n) is 8.57. The average Bonchev–Trinajstić information content (AvgIpc) is 2.64. The number of amides is 1. The van der Waals surface area contributed by atoms with Crippen molar-refractivity contribution >= 4 is 16.9 Å². The van der Waals surface area contributed by atoms with Gasteiger partial charge in [0, 0.05) is 18.7 Å². The van der Waals surface area contributed by atoms with E-state index in [2.05, 4.69) is 24.1 Å². The van der Waals surface area contributed by atoms with Crippen LogP contribution in [0.5, 0.6) is 0 Å². The number of benzene rings is 2. The molecule has 0 aliphatic heterocycles. The molecule has 2 N–H and O–H groups in total. The van der Waals surface area contributed by atoms with Crippen molar-refractivity contribution in [1.29, 1.82) is 0 Å². The molecule has 1 amide bonds. The molecule has 0 spiro atoms. The van der Waals surface area contributed by atoms with Crippen molar-refractivity contribution in [2.24, 2.45) is 0 Å². The van der Waals surface area contributed by atoms with E-state index in [0.29, 0.717) is 22.5 Å². The lowest BCUT2D eigenvalue weighted by atomic mass is 10.0. The molecule has 1 aromatic heterocycles. The third-order valence-electron chi connectivity index (χ3n) is 4.34. The van der Waals surface area contributed by atoms with Gasteiger partial charge < -0.3 is 14.9 Å². The third kappa shape index (κ3) is 3.59. The van der Waals surface area contributed by atoms with E-state index in [-0.39, 0.29) is 19.0 Å². The molecule has 0 fully saturated rings. The molecule has 6 nitrogen and oxygen atoms in total. The maximum atomic E-state index is 12.3. The summed E-state index contributed by atoms with van der Waals surface area (Å²) in [7, 11) is 0. The van der Waals surface area contributed by atoms with Gasteiger partial charge in [-0.15, -0.1) is 0 Å². The van der Waals surface area contributed by atoms with Gasteiger partial charge in [0.1, 0.15) is 0 Å². The Balaban J connectivity index is 1.73. The molecule has 0 bridgehead atoms. The second-order valence-electron chi connectivity index (χ2n) is 6.46. The molecule has 0 aliphatic carbocycles. The normalized spacial score (nSPS) is 11.0. The van der Waals surface area contributed by atoms with Crippen LogP contribution in [0.1, 0.15) is 35.7 Å². The monoisotopic (exact) mass is 351 g/mol. The van der Waals surface area contributed by atoms with Crippen LogP contribution in [-0.4, -0.2) is 22.0 Å². The average molecular weight is 351 g/mol. The molecule has 3 aromatic rings. The second-order valence-corrected chi connectivity index (χ2v) is 6.46. The van der Waals surface area contributed by atoms with Crippen LogP contribution in [0.15, 0.2) is 58.1 Å². The molecule has 2 aromatic carbocycles. The van der Waals surface area contributed by atoms with Crippen molar-refractivity contribution in [1.82, 2.24) is 14.9 Å². The van der Waals surface area contributed by atoms with Crippen LogP contribution in [0.4, 0.5) is 0 Å². The first kappa shape index (κ1) is 17.7. The van der Waals surface area contributed by atoms with Crippen LogP contribution in [-0.2, 0) is 6.54 Å². The Kier molecular flexibility index (Phi) is 5.02. The second kappa shape index (κ2) is 7.39. The van der Waals surface area contributed by atoms with Crippen LogP contribution < -0.4 is 16.4 Å². The maximum absolute atomic E-state index is 12.3. The Labute approximate surface area is 150 Å². The van der Waals surface area contributed by atoms with Crippen molar-refractivity contribution in [3.63, 3.8) is 0 Å². The number of aromatic amines is 1. The quantitative estimate of drug-likeness (QED) is 0.692. The lowest BCUT2D eigenvalue weighted by Crippen LogP contribution is -2.39. The molecule has 26 heavy (non-hydrogen) atoms. The van der Waals surface area contributed by atoms with Gasteiger partial charge in [-0.05, 0) is 35.7 Å². The number of rotatable bonds is 5. The standard InChI is InChI=1S/C20H21N3O3/c1-13(2)14-7-9-15(10-8-14)18(24)21-11-12-23-17-6-4-3-5-16(17)22-19(25)20(23)26/h3-10,13H,11-12H2,1-2H3,(H,21,24)(H,22,25). The van der Waals surface area contributed by atoms with Crippen LogP contribution in [0.2, 0.25) is 0 Å². The highest BCUT2D eigenvalue weighted by Gasteiger charge is 2.09. The predicted octanol–water partition coefficient (Wildman–Crippen LogP) is 2.24. The minimum absolute atomic E-state index is 0.206. The van der Waals surface area contributed by atoms with Crippen LogP contribution >= 0.6 is 0 Å². The molecule has 134 valence electrons. The smallest absolute Gasteiger partial charge is 0.316 e. The Morgan fingerprint density at radius 3 is 2.46 bits per heavy atom. The largest absolute Gasteiger partial charge is 0.350 e. The van der Waals surface area contributed by atoms with Gasteiger partial charge in [-0.25, -0.2) is 0 Å². The molecule has 1 heterocycles. The fraction of sp³-hybridized carbons (Fsp3) is 0.250. The van der Waals surface area contributed by atoms with Crippen LogP contribution in [0.3, 0.4) is 0 Å². The minimum atomic E-state index is -0.667. The molecule has 6 heteroatoms. The summed E-state index contributed by atoms with van der Waals surface area (Å²) in [5.74, 6) is 0.200. The Morgan fingerprint density at radius 1 is 1.08 bits per heavy atom. The maximum Gasteiger partial charge on any atom is 0.316 e. The molecule has 0 atom stereocenters. The molecule has 0 unspecified atom stereocenters. The number of nitrogens with zero attached hydrogens (tertiary/aromatic N) is 1. The van der Waals surface area contributed by atoms with Crippen molar-refractivity contribution in [2.45, 2.75) is 26.3 Å². The van der Waals surface area contributed by atoms with Crippen molar-refractivity contribution in [2.75, 3.05) is 6.54 Å². The zero-order chi connectivity index (χ0) is 18.7. The lowest BCUT2D eigenvalue weighted by molar-refractivity contribution is 0.0952. The zero-order valence-corrected chi connectivity index (χ0v) is 14.8. The van der Waals surface area contributed by atoms with Crippen LogP contribution in [0.25, 0.3) is 11.0 Å². The Hall–Kier alpha value is -3.15. The summed E-state index contributed by atoms with van der Waals surface area (Å²) in [5.41, 5.74) is 1.67. The van der Waals surface area contributed by atoms with Gasteiger partial charge in [-0.1, -0.05) is 38.1 Å². The van der Waals surface area contributed by atoms with Gasteiger partial charge in [-0.3, -0.25) is 14.4 Å². The van der Waals surface area contributed by atoms with Gasteiger partial charge in [-0.2, -0.15) is 0 Å². The summed E-state index contributed by atoms with van der Waals surface area (Å²) in [6, 6.07) is 14.5. The van der Waals surface area contributed by atoms with Crippen LogP contribution in [0, 0.1) is 0 Å². The van der Waals surface area contributed by atoms with Gasteiger partial charge in [0.2, 0.25) is 0 Å². The van der Waals surface area contributed by atoms with Gasteiger partial charge in [0.25, 0.3) is 5.91 Å². The Bertz CT molecular complexity index is 1050. The van der Waals surface area contributed by atoms with E-state index in [1.54, 1.807) is 36.4 Å². The summed E-state index contributed by atoms with van der Waals surface area (Å²) in [6.07, 6.45) is 0. The van der Waals surface area contributed by atoms with E-state index in [1.165, 1.54) is 10.1 Å². The van der Waals surface area contributed by atoms with Crippen molar-refractivity contribution < 1.29 is 4.79 Å². The SMILES string of the molecule is CC(C)c1ccc(C(=O)NCCn2c(=O)c(=O)[nH]c3ccccc32)cc1. The zero-order valence-electron chi connectivity index (χ0n) is 14.8. The topological polar surface area (TPSA) is 84.0 Å². The van der Waals surface area contributed by atoms with E-state index < -0.39 is 11.1 Å². The van der Waals surface area contributed by atoms with E-state index >= 15 is 0 Å². The third-order valence-corrected chi connectivity index (χ3v) is 4.34. The molecular formula is C20H21N3O3. The number of para-hydroxylation sites is 2. The number of aromatic nitrogens is 2. The minimum Gasteiger partial charge on any atom is -0.350 e. The number of nitrogens with one attached hydrogen (secondary N) is 2. The molecule has 3 rings (SSSR count). The first-order chi connectivity index (χ1) is 12.5. The van der Waals surface area contributed by atoms with Crippen molar-refractivity contribution in [3.05, 3.63) is 80.4 Å². The molecular weight excluding hydrogens is 330 g/mol. The van der Waals surface area contributed by atoms with E-state index in [1.807, 2.05) is 12.1 Å². The Morgan fingerprint density at radius 2 is 1.77 bits per heavy atom. The van der Waals surface area contributed by atoms with E-state index in [9.17, 15) is 14.4 Å². The van der Waals surface area contributed by atoms with Gasteiger partial charge >= 0.3 is 11.1 Å². The predicted molar refractivity (Wildman–Crippen MR) is 102 cm³/mol. The summed E-state index contributed by atoms with van der Waals surface area (Å²) in [6.45, 7) is 4.66. The molecule has 0 aliphatic rings. The fourth-order valence-electron chi connectivity index (χ4n) is 2.85. The number of carbonyl (C=O) groups is 1. The molecule has 0 saturated carbocycles. The molecule has 0 saturated heterocycles. The highest BCUT2D eigenvalue weighted by molar-refractivity contribution is 5.94. The summed E-state index contributed by atoms with van der Waals surface area (Å²) >= 11 is 0. The lowest BCUT2D eigenvalue weighted by Gasteiger charge is -2.11. The highest BCUT2D eigenvalue weighted by Crippen LogP contribution is 2.14. The first-order valence-corrected chi connectivity index (χ1v) is 8.57. The highest BCUT2D eigenvalue weighted by atomic mass is 16.2. The number of hydrogen-bond donors (Lipinski definition) is 2.